The van der Waals surface area contributed by atoms with E-state index in [-0.39, 0.29) is 6.41 Å². The fraction of sp³-hybridized carbons (Fsp3) is 0. The molecule has 0 radical (unpaired) electrons. The Morgan fingerprint density at radius 3 is 3.00 bits per heavy atom. The molecule has 0 saturated carbocycles. The third-order valence-electron chi connectivity index (χ3n) is 1.19. The second kappa shape index (κ2) is 4.07. The summed E-state index contributed by atoms with van der Waals surface area (Å²) in [4.78, 5) is 16.5. The Morgan fingerprint density at radius 1 is 1.58 bits per heavy atom. The molecule has 0 spiro atoms. The molecule has 0 aliphatic carbocycles. The molecule has 0 aromatic carbocycles. The van der Waals surface area contributed by atoms with Crippen molar-refractivity contribution in [2.75, 3.05) is 0 Å². The first-order chi connectivity index (χ1) is 5.88. The van der Waals surface area contributed by atoms with Gasteiger partial charge in [0, 0.05) is 12.4 Å². The van der Waals surface area contributed by atoms with Crippen molar-refractivity contribution < 1.29 is 4.79 Å². The van der Waals surface area contributed by atoms with Gasteiger partial charge in [0.15, 0.2) is 5.65 Å². The summed E-state index contributed by atoms with van der Waals surface area (Å²) in [5.41, 5.74) is 5.05. The van der Waals surface area contributed by atoms with Gasteiger partial charge in [-0.1, -0.05) is 0 Å². The predicted molar refractivity (Wildman–Crippen MR) is 43.2 cm³/mol. The van der Waals surface area contributed by atoms with Gasteiger partial charge in [0.2, 0.25) is 6.41 Å². The van der Waals surface area contributed by atoms with Gasteiger partial charge in [0.1, 0.15) is 6.33 Å². The molecule has 62 valence electrons. The van der Waals surface area contributed by atoms with Crippen LogP contribution in [0.5, 0.6) is 0 Å². The van der Waals surface area contributed by atoms with Crippen molar-refractivity contribution in [3.05, 3.63) is 31.0 Å². The van der Waals surface area contributed by atoms with Gasteiger partial charge < -0.3 is 5.73 Å². The minimum Gasteiger partial charge on any atom is -0.372 e. The molecule has 2 rings (SSSR count). The monoisotopic (exact) mass is 164 g/mol. The summed E-state index contributed by atoms with van der Waals surface area (Å²) >= 11 is 0. The molecule has 2 heterocycles. The van der Waals surface area contributed by atoms with Crippen LogP contribution < -0.4 is 5.73 Å². The maximum absolute atomic E-state index is 8.58. The van der Waals surface area contributed by atoms with Crippen LogP contribution in [0.2, 0.25) is 0 Å². The van der Waals surface area contributed by atoms with Gasteiger partial charge in [-0.15, -0.1) is 0 Å². The van der Waals surface area contributed by atoms with E-state index in [1.807, 2.05) is 16.7 Å². The number of carbonyl (C=O) groups is 1. The Balaban J connectivity index is 0.000000213. The van der Waals surface area contributed by atoms with Crippen LogP contribution in [0.1, 0.15) is 0 Å². The van der Waals surface area contributed by atoms with Crippen LogP contribution in [-0.2, 0) is 4.79 Å². The van der Waals surface area contributed by atoms with Crippen molar-refractivity contribution in [3.63, 3.8) is 0 Å². The normalized spacial score (nSPS) is 8.67. The van der Waals surface area contributed by atoms with Crippen LogP contribution in [0.3, 0.4) is 0 Å². The standard InChI is InChI=1S/C6H5N3.CH3NO/c1-2-8-6-4-7-5-9(6)3-1;2-1-3/h1-5H;1H,(H2,2,3). The minimum atomic E-state index is 0.250. The number of imidazole rings is 1. The van der Waals surface area contributed by atoms with Gasteiger partial charge in [-0.2, -0.15) is 0 Å². The molecule has 0 saturated heterocycles. The summed E-state index contributed by atoms with van der Waals surface area (Å²) in [5.74, 6) is 0. The second-order valence-electron chi connectivity index (χ2n) is 1.91. The number of nitrogens with zero attached hydrogens (tertiary/aromatic N) is 3. The van der Waals surface area contributed by atoms with Crippen molar-refractivity contribution in [3.8, 4) is 0 Å². The summed E-state index contributed by atoms with van der Waals surface area (Å²) in [6.07, 6.45) is 7.36. The predicted octanol–water partition coefficient (Wildman–Crippen LogP) is -0.169. The van der Waals surface area contributed by atoms with E-state index < -0.39 is 0 Å². The quantitative estimate of drug-likeness (QED) is 0.549. The Morgan fingerprint density at radius 2 is 2.33 bits per heavy atom. The van der Waals surface area contributed by atoms with Crippen molar-refractivity contribution in [2.45, 2.75) is 0 Å². The number of primary amides is 1. The molecular formula is C7H8N4O. The topological polar surface area (TPSA) is 73.3 Å². The van der Waals surface area contributed by atoms with Gasteiger partial charge >= 0.3 is 0 Å². The molecule has 0 atom stereocenters. The van der Waals surface area contributed by atoms with Gasteiger partial charge in [0.05, 0.1) is 6.20 Å². The fourth-order valence-electron chi connectivity index (χ4n) is 0.763. The maximum atomic E-state index is 8.58. The maximum Gasteiger partial charge on any atom is 0.204 e. The summed E-state index contributed by atoms with van der Waals surface area (Å²) < 4.78 is 1.86. The first-order valence-corrected chi connectivity index (χ1v) is 3.26. The van der Waals surface area contributed by atoms with Crippen LogP contribution in [0.4, 0.5) is 0 Å². The zero-order valence-corrected chi connectivity index (χ0v) is 6.29. The molecule has 0 fully saturated rings. The van der Waals surface area contributed by atoms with E-state index in [0.717, 1.165) is 5.65 Å². The number of nitrogens with two attached hydrogens (primary N) is 1. The fourth-order valence-corrected chi connectivity index (χ4v) is 0.763. The number of hydrogen-bond donors (Lipinski definition) is 1. The molecule has 0 unspecified atom stereocenters. The Kier molecular flexibility index (Phi) is 2.78. The molecule has 5 heteroatoms. The van der Waals surface area contributed by atoms with Gasteiger partial charge in [-0.05, 0) is 6.07 Å². The molecule has 1 amide bonds. The largest absolute Gasteiger partial charge is 0.372 e. The highest BCUT2D eigenvalue weighted by Crippen LogP contribution is 1.93. The molecule has 0 bridgehead atoms. The van der Waals surface area contributed by atoms with E-state index in [1.165, 1.54) is 0 Å². The van der Waals surface area contributed by atoms with Crippen LogP contribution >= 0.6 is 0 Å². The SMILES string of the molecule is NC=O.c1cnc2cncn2c1. The minimum absolute atomic E-state index is 0.250. The third kappa shape index (κ3) is 1.79. The van der Waals surface area contributed by atoms with Crippen LogP contribution in [-0.4, -0.2) is 20.8 Å². The summed E-state index contributed by atoms with van der Waals surface area (Å²) in [5, 5.41) is 0. The number of rotatable bonds is 0. The molecule has 0 aliphatic rings. The van der Waals surface area contributed by atoms with Gasteiger partial charge in [-0.3, -0.25) is 9.20 Å². The Hall–Kier alpha value is -1.91. The molecule has 0 aliphatic heterocycles. The number of fused-ring (bicyclic) bond motifs is 1. The number of hydrogen-bond acceptors (Lipinski definition) is 3. The first-order valence-electron chi connectivity index (χ1n) is 3.26. The third-order valence-corrected chi connectivity index (χ3v) is 1.19. The van der Waals surface area contributed by atoms with E-state index in [1.54, 1.807) is 18.7 Å². The Bertz CT molecular complexity index is 327. The van der Waals surface area contributed by atoms with E-state index in [4.69, 9.17) is 4.79 Å². The van der Waals surface area contributed by atoms with Crippen molar-refractivity contribution in [1.82, 2.24) is 14.4 Å². The molecule has 2 aromatic rings. The zero-order valence-electron chi connectivity index (χ0n) is 6.29. The average Bonchev–Trinajstić information content (AvgIpc) is 2.52. The number of aromatic nitrogens is 3. The smallest absolute Gasteiger partial charge is 0.204 e. The van der Waals surface area contributed by atoms with Gasteiger partial charge in [-0.25, -0.2) is 9.97 Å². The summed E-state index contributed by atoms with van der Waals surface area (Å²) in [6.45, 7) is 0. The summed E-state index contributed by atoms with van der Waals surface area (Å²) in [7, 11) is 0. The zero-order chi connectivity index (χ0) is 8.81. The van der Waals surface area contributed by atoms with E-state index in [9.17, 15) is 0 Å². The molecule has 5 nitrogen and oxygen atoms in total. The number of carbonyl (C=O) groups excluding carboxylic acids is 1. The first kappa shape index (κ1) is 8.19. The van der Waals surface area contributed by atoms with Crippen LogP contribution in [0.25, 0.3) is 5.65 Å². The van der Waals surface area contributed by atoms with Crippen molar-refractivity contribution in [1.29, 1.82) is 0 Å². The molecular weight excluding hydrogens is 156 g/mol. The van der Waals surface area contributed by atoms with Crippen LogP contribution in [0.15, 0.2) is 31.0 Å². The lowest BCUT2D eigenvalue weighted by Gasteiger charge is -1.85. The second-order valence-corrected chi connectivity index (χ2v) is 1.91. The van der Waals surface area contributed by atoms with Crippen LogP contribution in [0, 0.1) is 0 Å². The Labute approximate surface area is 68.9 Å². The summed E-state index contributed by atoms with van der Waals surface area (Å²) in [6, 6.07) is 1.87. The number of amides is 1. The van der Waals surface area contributed by atoms with Crippen molar-refractivity contribution >= 4 is 12.1 Å². The average molecular weight is 164 g/mol. The molecule has 2 aromatic heterocycles. The van der Waals surface area contributed by atoms with E-state index in [2.05, 4.69) is 15.7 Å². The highest BCUT2D eigenvalue weighted by Gasteiger charge is 1.86. The van der Waals surface area contributed by atoms with E-state index >= 15 is 0 Å². The molecule has 2 N–H and O–H groups in total. The lowest BCUT2D eigenvalue weighted by Crippen LogP contribution is -1.82. The van der Waals surface area contributed by atoms with Crippen molar-refractivity contribution in [2.24, 2.45) is 5.73 Å². The lowest BCUT2D eigenvalue weighted by atomic mass is 10.6. The highest BCUT2D eigenvalue weighted by molar-refractivity contribution is 5.42. The van der Waals surface area contributed by atoms with E-state index in [0.29, 0.717) is 0 Å². The molecule has 12 heavy (non-hydrogen) atoms. The lowest BCUT2D eigenvalue weighted by molar-refractivity contribution is -0.106. The van der Waals surface area contributed by atoms with Gasteiger partial charge in [0.25, 0.3) is 0 Å². The highest BCUT2D eigenvalue weighted by atomic mass is 16.1.